The van der Waals surface area contributed by atoms with Crippen molar-refractivity contribution in [3.8, 4) is 0 Å². The second kappa shape index (κ2) is 11.5. The quantitative estimate of drug-likeness (QED) is 0.432. The summed E-state index contributed by atoms with van der Waals surface area (Å²) in [7, 11) is 1.63. The first-order chi connectivity index (χ1) is 12.8. The Labute approximate surface area is 162 Å². The average Bonchev–Trinajstić information content (AvgIpc) is 2.62. The van der Waals surface area contributed by atoms with E-state index in [1.54, 1.807) is 7.05 Å². The number of hydrogen-bond acceptors (Lipinski definition) is 1. The molecule has 1 N–H and O–H groups in total. The number of benzene rings is 2. The van der Waals surface area contributed by atoms with Crippen molar-refractivity contribution < 1.29 is 35.5 Å². The van der Waals surface area contributed by atoms with Crippen molar-refractivity contribution in [3.63, 3.8) is 0 Å². The molecule has 0 aliphatic rings. The van der Waals surface area contributed by atoms with Crippen molar-refractivity contribution >= 4 is 17.5 Å². The number of carbonyl (C=O) groups excluding carboxylic acids is 1. The van der Waals surface area contributed by atoms with Crippen molar-refractivity contribution in [2.45, 2.75) is 26.4 Å². The second-order valence-corrected chi connectivity index (χ2v) is 5.60. The van der Waals surface area contributed by atoms with Crippen LogP contribution in [0.5, 0.6) is 0 Å². The fraction of sp³-hybridized carbons (Fsp3) is 0.278. The van der Waals surface area contributed by atoms with Crippen LogP contribution in [0.3, 0.4) is 0 Å². The van der Waals surface area contributed by atoms with Gasteiger partial charge in [0.15, 0.2) is 23.3 Å². The maximum Gasteiger partial charge on any atom is 0.422 e. The highest BCUT2D eigenvalue weighted by atomic mass is 35.5. The van der Waals surface area contributed by atoms with Crippen molar-refractivity contribution in [1.82, 2.24) is 5.32 Å². The van der Waals surface area contributed by atoms with Gasteiger partial charge in [-0.2, -0.15) is 13.2 Å². The lowest BCUT2D eigenvalue weighted by Gasteiger charge is -2.09. The molecule has 2 rings (SSSR count). The number of rotatable bonds is 1. The van der Waals surface area contributed by atoms with E-state index < -0.39 is 35.0 Å². The van der Waals surface area contributed by atoms with Gasteiger partial charge >= 0.3 is 6.18 Å². The summed E-state index contributed by atoms with van der Waals surface area (Å²) < 4.78 is 85.0. The number of amides is 1. The Kier molecular flexibility index (Phi) is 10.6. The molecule has 156 valence electrons. The fourth-order valence-corrected chi connectivity index (χ4v) is 1.66. The Bertz CT molecular complexity index is 724. The minimum atomic E-state index is -5.48. The van der Waals surface area contributed by atoms with Crippen LogP contribution in [0.1, 0.15) is 24.5 Å². The number of hydrogen-bond donors (Lipinski definition) is 1. The number of halogens is 8. The molecule has 1 amide bonds. The molecule has 0 spiro atoms. The van der Waals surface area contributed by atoms with Gasteiger partial charge in [-0.25, -0.2) is 17.6 Å². The van der Waals surface area contributed by atoms with E-state index >= 15 is 0 Å². The van der Waals surface area contributed by atoms with E-state index in [0.29, 0.717) is 6.42 Å². The standard InChI is InChI=1S/C7H7Cl.C7HF7.C4H9NO/c1-6-2-4-7(8)5-3-6;8-2-1-3(9)6(11)4(5(2)10)7(12,13)14;1-3-4(6)5-2/h2-5H,1H3;1H;3H2,1-2H3,(H,5,6). The third-order valence-electron chi connectivity index (χ3n) is 3.01. The molecule has 0 unspecified atom stereocenters. The number of alkyl halides is 3. The molecule has 28 heavy (non-hydrogen) atoms. The Balaban J connectivity index is 0.000000439. The minimum absolute atomic E-state index is 0.0926. The molecule has 10 heteroatoms. The Morgan fingerprint density at radius 1 is 1.00 bits per heavy atom. The smallest absolute Gasteiger partial charge is 0.359 e. The van der Waals surface area contributed by atoms with Gasteiger partial charge in [-0.05, 0) is 19.1 Å². The summed E-state index contributed by atoms with van der Waals surface area (Å²) >= 11 is 5.61. The Morgan fingerprint density at radius 3 is 1.68 bits per heavy atom. The SMILES string of the molecule is CCC(=O)NC.Cc1ccc(Cl)cc1.Fc1cc(F)c(F)c(C(F)(F)F)c1F. The molecule has 0 heterocycles. The molecule has 0 aromatic heterocycles. The molecule has 2 nitrogen and oxygen atoms in total. The summed E-state index contributed by atoms with van der Waals surface area (Å²) in [5.41, 5.74) is -1.32. The van der Waals surface area contributed by atoms with Crippen LogP contribution < -0.4 is 5.32 Å². The lowest BCUT2D eigenvalue weighted by Crippen LogP contribution is -2.15. The van der Waals surface area contributed by atoms with Crippen molar-refractivity contribution in [2.75, 3.05) is 7.05 Å². The zero-order valence-corrected chi connectivity index (χ0v) is 15.8. The zero-order chi connectivity index (χ0) is 22.1. The Morgan fingerprint density at radius 2 is 1.43 bits per heavy atom. The van der Waals surface area contributed by atoms with E-state index in [1.165, 1.54) is 5.56 Å². The molecule has 0 radical (unpaired) electrons. The molecule has 0 fully saturated rings. The van der Waals surface area contributed by atoms with E-state index in [-0.39, 0.29) is 12.0 Å². The third kappa shape index (κ3) is 8.60. The summed E-state index contributed by atoms with van der Waals surface area (Å²) in [6.07, 6.45) is -4.90. The topological polar surface area (TPSA) is 29.1 Å². The van der Waals surface area contributed by atoms with Gasteiger partial charge in [-0.3, -0.25) is 4.79 Å². The van der Waals surface area contributed by atoms with E-state index in [2.05, 4.69) is 5.32 Å². The van der Waals surface area contributed by atoms with Gasteiger partial charge in [0, 0.05) is 24.6 Å². The Hall–Kier alpha value is -2.29. The predicted octanol–water partition coefficient (Wildman–Crippen LogP) is 6.05. The third-order valence-corrected chi connectivity index (χ3v) is 3.26. The molecule has 0 atom stereocenters. The molecule has 0 aliphatic heterocycles. The van der Waals surface area contributed by atoms with Crippen molar-refractivity contribution in [2.24, 2.45) is 0 Å². The maximum absolute atomic E-state index is 12.4. The number of carbonyl (C=O) groups is 1. The number of nitrogens with one attached hydrogen (secondary N) is 1. The van der Waals surface area contributed by atoms with Gasteiger partial charge in [0.2, 0.25) is 5.91 Å². The maximum atomic E-state index is 12.4. The van der Waals surface area contributed by atoms with E-state index in [0.717, 1.165) is 5.02 Å². The molecule has 0 aliphatic carbocycles. The predicted molar refractivity (Wildman–Crippen MR) is 91.8 cm³/mol. The molecule has 2 aromatic carbocycles. The summed E-state index contributed by atoms with van der Waals surface area (Å²) in [5, 5.41) is 3.28. The second-order valence-electron chi connectivity index (χ2n) is 5.16. The largest absolute Gasteiger partial charge is 0.422 e. The van der Waals surface area contributed by atoms with Crippen LogP contribution in [0.25, 0.3) is 0 Å². The van der Waals surface area contributed by atoms with Crippen LogP contribution >= 0.6 is 11.6 Å². The molecule has 0 saturated carbocycles. The summed E-state index contributed by atoms with van der Waals surface area (Å²) in [6.45, 7) is 3.86. The van der Waals surface area contributed by atoms with Gasteiger partial charge in [0.25, 0.3) is 0 Å². The first-order valence-electron chi connectivity index (χ1n) is 7.68. The van der Waals surface area contributed by atoms with Crippen LogP contribution in [0.15, 0.2) is 30.3 Å². The van der Waals surface area contributed by atoms with Crippen molar-refractivity contribution in [3.05, 3.63) is 69.8 Å². The highest BCUT2D eigenvalue weighted by Gasteiger charge is 2.40. The average molecular weight is 432 g/mol. The van der Waals surface area contributed by atoms with Crippen LogP contribution in [0.4, 0.5) is 30.7 Å². The molecular formula is C18H17ClF7NO. The molecule has 2 aromatic rings. The van der Waals surface area contributed by atoms with Gasteiger partial charge in [0.05, 0.1) is 0 Å². The summed E-state index contributed by atoms with van der Waals surface area (Å²) in [5.74, 6) is -8.98. The lowest BCUT2D eigenvalue weighted by atomic mass is 10.1. The van der Waals surface area contributed by atoms with Gasteiger partial charge < -0.3 is 5.32 Å². The van der Waals surface area contributed by atoms with Gasteiger partial charge in [-0.1, -0.05) is 36.2 Å². The summed E-state index contributed by atoms with van der Waals surface area (Å²) in [6, 6.07) is 7.46. The minimum Gasteiger partial charge on any atom is -0.359 e. The van der Waals surface area contributed by atoms with Crippen LogP contribution in [-0.4, -0.2) is 13.0 Å². The number of aryl methyl sites for hydroxylation is 1. The molecule has 0 bridgehead atoms. The normalized spacial score (nSPS) is 10.2. The van der Waals surface area contributed by atoms with Crippen LogP contribution in [-0.2, 0) is 11.0 Å². The van der Waals surface area contributed by atoms with E-state index in [1.807, 2.05) is 38.1 Å². The van der Waals surface area contributed by atoms with Crippen molar-refractivity contribution in [1.29, 1.82) is 0 Å². The molecular weight excluding hydrogens is 415 g/mol. The first kappa shape index (κ1) is 25.7. The van der Waals surface area contributed by atoms with Crippen LogP contribution in [0.2, 0.25) is 5.02 Å². The highest BCUT2D eigenvalue weighted by Crippen LogP contribution is 2.35. The van der Waals surface area contributed by atoms with Crippen LogP contribution in [0, 0.1) is 30.2 Å². The zero-order valence-electron chi connectivity index (χ0n) is 15.0. The monoisotopic (exact) mass is 431 g/mol. The highest BCUT2D eigenvalue weighted by molar-refractivity contribution is 6.30. The molecule has 0 saturated heterocycles. The van der Waals surface area contributed by atoms with E-state index in [9.17, 15) is 35.5 Å². The fourth-order valence-electron chi connectivity index (χ4n) is 1.53. The lowest BCUT2D eigenvalue weighted by molar-refractivity contribution is -0.143. The first-order valence-corrected chi connectivity index (χ1v) is 8.05. The van der Waals surface area contributed by atoms with Gasteiger partial charge in [-0.15, -0.1) is 0 Å². The van der Waals surface area contributed by atoms with Gasteiger partial charge in [0.1, 0.15) is 5.56 Å². The summed E-state index contributed by atoms with van der Waals surface area (Å²) in [4.78, 5) is 10.1. The van der Waals surface area contributed by atoms with E-state index in [4.69, 9.17) is 11.6 Å².